The quantitative estimate of drug-likeness (QED) is 0.860. The van der Waals surface area contributed by atoms with Crippen LogP contribution >= 0.6 is 12.2 Å². The first-order valence-electron chi connectivity index (χ1n) is 6.73. The van der Waals surface area contributed by atoms with Gasteiger partial charge in [0.1, 0.15) is 10.7 Å². The van der Waals surface area contributed by atoms with Gasteiger partial charge in [0.25, 0.3) is 0 Å². The second-order valence-corrected chi connectivity index (χ2v) is 6.13. The first-order chi connectivity index (χ1) is 9.44. The molecule has 5 heteroatoms. The number of morpholine rings is 1. The molecular weight excluding hydrogens is 272 g/mol. The van der Waals surface area contributed by atoms with Crippen LogP contribution < -0.4 is 10.5 Å². The largest absolute Gasteiger partial charge is 0.496 e. The van der Waals surface area contributed by atoms with Gasteiger partial charge in [-0.05, 0) is 31.5 Å². The number of nitrogens with zero attached hydrogens (tertiary/aromatic N) is 1. The van der Waals surface area contributed by atoms with Gasteiger partial charge in [-0.15, -0.1) is 0 Å². The number of thiocarbonyl (C=S) groups is 1. The van der Waals surface area contributed by atoms with Gasteiger partial charge in [0, 0.05) is 18.6 Å². The molecule has 0 bridgehead atoms. The number of nitrogens with two attached hydrogens (primary N) is 1. The Balaban J connectivity index is 2.21. The summed E-state index contributed by atoms with van der Waals surface area (Å²) in [5, 5.41) is 0. The lowest BCUT2D eigenvalue weighted by Gasteiger charge is -2.42. The highest BCUT2D eigenvalue weighted by Gasteiger charge is 2.30. The van der Waals surface area contributed by atoms with Crippen molar-refractivity contribution >= 4 is 17.2 Å². The van der Waals surface area contributed by atoms with Gasteiger partial charge in [-0.3, -0.25) is 4.90 Å². The molecule has 0 atom stereocenters. The monoisotopic (exact) mass is 294 g/mol. The molecule has 1 fully saturated rings. The van der Waals surface area contributed by atoms with Gasteiger partial charge in [-0.2, -0.15) is 0 Å². The standard InChI is InChI=1S/C15H22N2O2S/c1-15(2)10-19-7-6-17(15)9-11-4-5-13(18-3)12(8-11)14(16)20/h4-5,8H,6-7,9-10H2,1-3H3,(H2,16,20). The summed E-state index contributed by atoms with van der Waals surface area (Å²) in [5.74, 6) is 0.725. The average molecular weight is 294 g/mol. The molecule has 1 heterocycles. The van der Waals surface area contributed by atoms with Crippen LogP contribution in [0.3, 0.4) is 0 Å². The number of ether oxygens (including phenoxy) is 2. The fraction of sp³-hybridized carbons (Fsp3) is 0.533. The minimum absolute atomic E-state index is 0.0432. The van der Waals surface area contributed by atoms with Crippen molar-refractivity contribution in [3.63, 3.8) is 0 Å². The van der Waals surface area contributed by atoms with Crippen LogP contribution in [-0.2, 0) is 11.3 Å². The Bertz CT molecular complexity index is 503. The Hall–Kier alpha value is -1.17. The van der Waals surface area contributed by atoms with E-state index in [0.29, 0.717) is 4.99 Å². The van der Waals surface area contributed by atoms with Crippen molar-refractivity contribution in [1.82, 2.24) is 4.90 Å². The molecule has 2 N–H and O–H groups in total. The lowest BCUT2D eigenvalue weighted by molar-refractivity contribution is -0.0552. The van der Waals surface area contributed by atoms with E-state index in [1.54, 1.807) is 7.11 Å². The predicted octanol–water partition coefficient (Wildman–Crippen LogP) is 1.94. The second-order valence-electron chi connectivity index (χ2n) is 5.69. The molecule has 1 aromatic carbocycles. The van der Waals surface area contributed by atoms with Crippen molar-refractivity contribution in [3.05, 3.63) is 29.3 Å². The maximum atomic E-state index is 5.76. The van der Waals surface area contributed by atoms with Crippen LogP contribution in [0.2, 0.25) is 0 Å². The molecule has 0 spiro atoms. The van der Waals surface area contributed by atoms with E-state index in [4.69, 9.17) is 27.4 Å². The lowest BCUT2D eigenvalue weighted by atomic mass is 10.0. The number of benzene rings is 1. The zero-order valence-electron chi connectivity index (χ0n) is 12.3. The van der Waals surface area contributed by atoms with Crippen LogP contribution in [0.1, 0.15) is 25.0 Å². The molecule has 20 heavy (non-hydrogen) atoms. The smallest absolute Gasteiger partial charge is 0.129 e. The fourth-order valence-corrected chi connectivity index (χ4v) is 2.61. The maximum Gasteiger partial charge on any atom is 0.129 e. The molecule has 0 aliphatic carbocycles. The molecule has 4 nitrogen and oxygen atoms in total. The second kappa shape index (κ2) is 6.08. The van der Waals surface area contributed by atoms with E-state index >= 15 is 0 Å². The van der Waals surface area contributed by atoms with E-state index in [-0.39, 0.29) is 5.54 Å². The highest BCUT2D eigenvalue weighted by Crippen LogP contribution is 2.25. The number of rotatable bonds is 4. The van der Waals surface area contributed by atoms with Crippen molar-refractivity contribution in [2.24, 2.45) is 5.73 Å². The zero-order valence-corrected chi connectivity index (χ0v) is 13.1. The van der Waals surface area contributed by atoms with Crippen molar-refractivity contribution in [3.8, 4) is 5.75 Å². The summed E-state index contributed by atoms with van der Waals surface area (Å²) in [7, 11) is 1.63. The first kappa shape index (κ1) is 15.2. The van der Waals surface area contributed by atoms with E-state index in [1.165, 1.54) is 5.56 Å². The summed E-state index contributed by atoms with van der Waals surface area (Å²) in [6, 6.07) is 6.01. The van der Waals surface area contributed by atoms with Gasteiger partial charge in [0.2, 0.25) is 0 Å². The Labute approximate surface area is 125 Å². The summed E-state index contributed by atoms with van der Waals surface area (Å²) in [5.41, 5.74) is 7.79. The third-order valence-corrected chi connectivity index (χ3v) is 3.94. The molecule has 0 saturated carbocycles. The number of methoxy groups -OCH3 is 1. The van der Waals surface area contributed by atoms with Crippen LogP contribution in [0.5, 0.6) is 5.75 Å². The zero-order chi connectivity index (χ0) is 14.8. The third-order valence-electron chi connectivity index (χ3n) is 3.72. The molecule has 2 rings (SSSR count). The normalized spacial score (nSPS) is 18.8. The van der Waals surface area contributed by atoms with Gasteiger partial charge in [-0.1, -0.05) is 18.3 Å². The summed E-state index contributed by atoms with van der Waals surface area (Å²) < 4.78 is 10.8. The number of hydrogen-bond donors (Lipinski definition) is 1. The minimum atomic E-state index is 0.0432. The van der Waals surface area contributed by atoms with E-state index in [1.807, 2.05) is 12.1 Å². The lowest BCUT2D eigenvalue weighted by Crippen LogP contribution is -2.52. The van der Waals surface area contributed by atoms with Crippen LogP contribution in [0.15, 0.2) is 18.2 Å². The molecule has 110 valence electrons. The maximum absolute atomic E-state index is 5.76. The van der Waals surface area contributed by atoms with Crippen molar-refractivity contribution in [1.29, 1.82) is 0 Å². The Kier molecular flexibility index (Phi) is 4.62. The van der Waals surface area contributed by atoms with Crippen molar-refractivity contribution < 1.29 is 9.47 Å². The predicted molar refractivity (Wildman–Crippen MR) is 84.2 cm³/mol. The van der Waals surface area contributed by atoms with Crippen LogP contribution in [0.25, 0.3) is 0 Å². The molecule has 1 aliphatic rings. The van der Waals surface area contributed by atoms with Gasteiger partial charge in [0.05, 0.1) is 25.9 Å². The van der Waals surface area contributed by atoms with Crippen molar-refractivity contribution in [2.75, 3.05) is 26.9 Å². The van der Waals surface area contributed by atoms with E-state index < -0.39 is 0 Å². The SMILES string of the molecule is COc1ccc(CN2CCOCC2(C)C)cc1C(N)=S. The molecule has 0 amide bonds. The van der Waals surface area contributed by atoms with Crippen LogP contribution in [0.4, 0.5) is 0 Å². The van der Waals surface area contributed by atoms with Gasteiger partial charge in [-0.25, -0.2) is 0 Å². The number of hydrogen-bond acceptors (Lipinski definition) is 4. The minimum Gasteiger partial charge on any atom is -0.496 e. The Morgan fingerprint density at radius 2 is 2.25 bits per heavy atom. The van der Waals surface area contributed by atoms with Gasteiger partial charge < -0.3 is 15.2 Å². The first-order valence-corrected chi connectivity index (χ1v) is 7.14. The Morgan fingerprint density at radius 3 is 2.85 bits per heavy atom. The van der Waals surface area contributed by atoms with E-state index in [0.717, 1.165) is 37.6 Å². The highest BCUT2D eigenvalue weighted by molar-refractivity contribution is 7.80. The van der Waals surface area contributed by atoms with E-state index in [9.17, 15) is 0 Å². The molecule has 1 aromatic rings. The summed E-state index contributed by atoms with van der Waals surface area (Å²) in [6.45, 7) is 7.72. The highest BCUT2D eigenvalue weighted by atomic mass is 32.1. The summed E-state index contributed by atoms with van der Waals surface area (Å²) in [6.07, 6.45) is 0. The summed E-state index contributed by atoms with van der Waals surface area (Å²) in [4.78, 5) is 2.78. The van der Waals surface area contributed by atoms with Crippen molar-refractivity contribution in [2.45, 2.75) is 25.9 Å². The molecule has 1 saturated heterocycles. The van der Waals surface area contributed by atoms with Crippen LogP contribution in [0, 0.1) is 0 Å². The topological polar surface area (TPSA) is 47.7 Å². The van der Waals surface area contributed by atoms with Crippen LogP contribution in [-0.4, -0.2) is 42.3 Å². The molecule has 0 unspecified atom stereocenters. The molecule has 1 aliphatic heterocycles. The Morgan fingerprint density at radius 1 is 1.50 bits per heavy atom. The van der Waals surface area contributed by atoms with Gasteiger partial charge in [0.15, 0.2) is 0 Å². The fourth-order valence-electron chi connectivity index (χ4n) is 2.45. The third kappa shape index (κ3) is 3.29. The summed E-state index contributed by atoms with van der Waals surface area (Å²) >= 11 is 5.09. The average Bonchev–Trinajstić information content (AvgIpc) is 2.41. The molecule has 0 radical (unpaired) electrons. The van der Waals surface area contributed by atoms with E-state index in [2.05, 4.69) is 24.8 Å². The molecular formula is C15H22N2O2S. The molecule has 0 aromatic heterocycles. The van der Waals surface area contributed by atoms with Gasteiger partial charge >= 0.3 is 0 Å².